The predicted molar refractivity (Wildman–Crippen MR) is 106 cm³/mol. The Morgan fingerprint density at radius 3 is 2.19 bits per heavy atom. The van der Waals surface area contributed by atoms with Crippen LogP contribution < -0.4 is 20.1 Å². The molecule has 2 aromatic rings. The van der Waals surface area contributed by atoms with Crippen LogP contribution in [0.25, 0.3) is 0 Å². The predicted octanol–water partition coefficient (Wildman–Crippen LogP) is 4.15. The van der Waals surface area contributed by atoms with Crippen molar-refractivity contribution in [1.29, 1.82) is 0 Å². The van der Waals surface area contributed by atoms with Gasteiger partial charge in [0.15, 0.2) is 6.61 Å². The number of hydrogen-bond donors (Lipinski definition) is 2. The molecular formula is C21H26N2O4. The third kappa shape index (κ3) is 6.66. The quantitative estimate of drug-likeness (QED) is 0.695. The minimum Gasteiger partial charge on any atom is -0.494 e. The Bertz CT molecular complexity index is 772. The van der Waals surface area contributed by atoms with Gasteiger partial charge in [-0.05, 0) is 55.3 Å². The van der Waals surface area contributed by atoms with Crippen molar-refractivity contribution in [3.8, 4) is 11.5 Å². The van der Waals surface area contributed by atoms with Gasteiger partial charge in [0.2, 0.25) is 5.91 Å². The monoisotopic (exact) mass is 370 g/mol. The van der Waals surface area contributed by atoms with Crippen LogP contribution in [-0.2, 0) is 9.59 Å². The molecule has 0 heterocycles. The van der Waals surface area contributed by atoms with Crippen LogP contribution in [0.4, 0.5) is 11.4 Å². The van der Waals surface area contributed by atoms with Crippen molar-refractivity contribution >= 4 is 23.2 Å². The normalized spacial score (nSPS) is 10.2. The first-order valence-corrected chi connectivity index (χ1v) is 9.07. The number of nitrogens with one attached hydrogen (secondary N) is 2. The number of rotatable bonds is 9. The van der Waals surface area contributed by atoms with Crippen molar-refractivity contribution in [3.05, 3.63) is 48.0 Å². The molecule has 0 saturated carbocycles. The smallest absolute Gasteiger partial charge is 0.262 e. The Morgan fingerprint density at radius 1 is 0.889 bits per heavy atom. The molecular weight excluding hydrogens is 344 g/mol. The van der Waals surface area contributed by atoms with E-state index in [-0.39, 0.29) is 18.4 Å². The highest BCUT2D eigenvalue weighted by Crippen LogP contribution is 2.21. The van der Waals surface area contributed by atoms with Gasteiger partial charge >= 0.3 is 0 Å². The molecule has 0 radical (unpaired) electrons. The molecule has 0 spiro atoms. The number of amides is 2. The second-order valence-electron chi connectivity index (χ2n) is 6.09. The zero-order valence-corrected chi connectivity index (χ0v) is 16.0. The zero-order valence-electron chi connectivity index (χ0n) is 16.0. The Morgan fingerprint density at radius 2 is 1.56 bits per heavy atom. The van der Waals surface area contributed by atoms with Crippen molar-refractivity contribution in [3.63, 3.8) is 0 Å². The summed E-state index contributed by atoms with van der Waals surface area (Å²) in [6, 6.07) is 12.5. The molecule has 2 rings (SSSR count). The molecule has 0 aliphatic carbocycles. The van der Waals surface area contributed by atoms with E-state index in [4.69, 9.17) is 9.47 Å². The van der Waals surface area contributed by atoms with Crippen LogP contribution in [0.15, 0.2) is 42.5 Å². The lowest BCUT2D eigenvalue weighted by molar-refractivity contribution is -0.118. The standard InChI is InChI=1S/C21H26N2O4/c1-4-12-26-17-8-10-18(11-9-17)27-14-21(25)23-19-13-16(7-6-15(19)3)22-20(24)5-2/h6-11,13H,4-5,12,14H2,1-3H3,(H,22,24)(H,23,25). The average molecular weight is 370 g/mol. The highest BCUT2D eigenvalue weighted by atomic mass is 16.5. The van der Waals surface area contributed by atoms with Crippen LogP contribution in [0.1, 0.15) is 32.3 Å². The van der Waals surface area contributed by atoms with E-state index in [9.17, 15) is 9.59 Å². The number of hydrogen-bond acceptors (Lipinski definition) is 4. The third-order valence-corrected chi connectivity index (χ3v) is 3.78. The molecule has 27 heavy (non-hydrogen) atoms. The SMILES string of the molecule is CCCOc1ccc(OCC(=O)Nc2cc(NC(=O)CC)ccc2C)cc1. The molecule has 6 heteroatoms. The second-order valence-corrected chi connectivity index (χ2v) is 6.09. The van der Waals surface area contributed by atoms with Crippen LogP contribution >= 0.6 is 0 Å². The number of carbonyl (C=O) groups is 2. The molecule has 0 fully saturated rings. The van der Waals surface area contributed by atoms with Crippen molar-refractivity contribution in [2.24, 2.45) is 0 Å². The van der Waals surface area contributed by atoms with Gasteiger partial charge in [0.25, 0.3) is 5.91 Å². The average Bonchev–Trinajstić information content (AvgIpc) is 2.68. The van der Waals surface area contributed by atoms with E-state index in [1.54, 1.807) is 31.2 Å². The van der Waals surface area contributed by atoms with E-state index >= 15 is 0 Å². The molecule has 6 nitrogen and oxygen atoms in total. The van der Waals surface area contributed by atoms with Crippen LogP contribution in [0.3, 0.4) is 0 Å². The minimum atomic E-state index is -0.275. The first kappa shape index (κ1) is 20.3. The van der Waals surface area contributed by atoms with Crippen LogP contribution in [0.5, 0.6) is 11.5 Å². The molecule has 0 aliphatic rings. The van der Waals surface area contributed by atoms with Gasteiger partial charge < -0.3 is 20.1 Å². The topological polar surface area (TPSA) is 76.7 Å². The van der Waals surface area contributed by atoms with E-state index in [1.807, 2.05) is 32.0 Å². The van der Waals surface area contributed by atoms with Gasteiger partial charge in [-0.2, -0.15) is 0 Å². The van der Waals surface area contributed by atoms with Crippen LogP contribution in [0.2, 0.25) is 0 Å². The number of anilines is 2. The molecule has 2 amide bonds. The Labute approximate surface area is 159 Å². The second kappa shape index (κ2) is 10.2. The van der Waals surface area contributed by atoms with E-state index in [1.165, 1.54) is 0 Å². The van der Waals surface area contributed by atoms with Crippen molar-refractivity contribution in [2.75, 3.05) is 23.8 Å². The molecule has 0 unspecified atom stereocenters. The largest absolute Gasteiger partial charge is 0.494 e. The molecule has 0 aliphatic heterocycles. The highest BCUT2D eigenvalue weighted by molar-refractivity contribution is 5.95. The Kier molecular flexibility index (Phi) is 7.67. The summed E-state index contributed by atoms with van der Waals surface area (Å²) in [4.78, 5) is 23.7. The Balaban J connectivity index is 1.89. The molecule has 0 bridgehead atoms. The summed E-state index contributed by atoms with van der Waals surface area (Å²) in [5, 5.41) is 5.59. The highest BCUT2D eigenvalue weighted by Gasteiger charge is 2.08. The van der Waals surface area contributed by atoms with Crippen molar-refractivity contribution in [1.82, 2.24) is 0 Å². The summed E-state index contributed by atoms with van der Waals surface area (Å²) in [6.07, 6.45) is 1.34. The fourth-order valence-electron chi connectivity index (χ4n) is 2.27. The molecule has 0 atom stereocenters. The third-order valence-electron chi connectivity index (χ3n) is 3.78. The van der Waals surface area contributed by atoms with E-state index in [0.717, 1.165) is 17.7 Å². The first-order chi connectivity index (χ1) is 13.0. The lowest BCUT2D eigenvalue weighted by Gasteiger charge is -2.12. The Hall–Kier alpha value is -3.02. The van der Waals surface area contributed by atoms with Gasteiger partial charge in [0.05, 0.1) is 6.61 Å². The lowest BCUT2D eigenvalue weighted by Crippen LogP contribution is -2.21. The summed E-state index contributed by atoms with van der Waals surface area (Å²) < 4.78 is 11.0. The molecule has 2 aromatic carbocycles. The fourth-order valence-corrected chi connectivity index (χ4v) is 2.27. The zero-order chi connectivity index (χ0) is 19.6. The number of aryl methyl sites for hydroxylation is 1. The summed E-state index contributed by atoms with van der Waals surface area (Å²) >= 11 is 0. The fraction of sp³-hybridized carbons (Fsp3) is 0.333. The van der Waals surface area contributed by atoms with Gasteiger partial charge in [-0.25, -0.2) is 0 Å². The number of ether oxygens (including phenoxy) is 2. The molecule has 2 N–H and O–H groups in total. The van der Waals surface area contributed by atoms with Gasteiger partial charge in [-0.1, -0.05) is 19.9 Å². The summed E-state index contributed by atoms with van der Waals surface area (Å²) in [6.45, 7) is 6.27. The lowest BCUT2D eigenvalue weighted by atomic mass is 10.1. The molecule has 144 valence electrons. The first-order valence-electron chi connectivity index (χ1n) is 9.07. The number of benzene rings is 2. The van der Waals surface area contributed by atoms with Gasteiger partial charge in [-0.3, -0.25) is 9.59 Å². The maximum atomic E-state index is 12.2. The maximum absolute atomic E-state index is 12.2. The maximum Gasteiger partial charge on any atom is 0.262 e. The minimum absolute atomic E-state index is 0.0779. The summed E-state index contributed by atoms with van der Waals surface area (Å²) in [5.41, 5.74) is 2.18. The summed E-state index contributed by atoms with van der Waals surface area (Å²) in [7, 11) is 0. The van der Waals surface area contributed by atoms with Gasteiger partial charge in [0.1, 0.15) is 11.5 Å². The molecule has 0 aromatic heterocycles. The van der Waals surface area contributed by atoms with Crippen LogP contribution in [0, 0.1) is 6.92 Å². The van der Waals surface area contributed by atoms with Gasteiger partial charge in [0, 0.05) is 17.8 Å². The van der Waals surface area contributed by atoms with E-state index in [0.29, 0.717) is 30.2 Å². The van der Waals surface area contributed by atoms with Gasteiger partial charge in [-0.15, -0.1) is 0 Å². The van der Waals surface area contributed by atoms with E-state index < -0.39 is 0 Å². The molecule has 0 saturated heterocycles. The number of carbonyl (C=O) groups excluding carboxylic acids is 2. The van der Waals surface area contributed by atoms with Crippen molar-refractivity contribution < 1.29 is 19.1 Å². The van der Waals surface area contributed by atoms with E-state index in [2.05, 4.69) is 10.6 Å². The van der Waals surface area contributed by atoms with Crippen LogP contribution in [-0.4, -0.2) is 25.0 Å². The summed E-state index contributed by atoms with van der Waals surface area (Å²) in [5.74, 6) is 1.01. The van der Waals surface area contributed by atoms with Crippen molar-refractivity contribution in [2.45, 2.75) is 33.6 Å².